The van der Waals surface area contributed by atoms with Gasteiger partial charge in [0, 0.05) is 24.4 Å². The van der Waals surface area contributed by atoms with Crippen molar-refractivity contribution in [3.63, 3.8) is 0 Å². The van der Waals surface area contributed by atoms with Gasteiger partial charge in [0.2, 0.25) is 0 Å². The van der Waals surface area contributed by atoms with Gasteiger partial charge in [0.05, 0.1) is 11.7 Å². The summed E-state index contributed by atoms with van der Waals surface area (Å²) < 4.78 is 6.04. The lowest BCUT2D eigenvalue weighted by Gasteiger charge is -2.11. The van der Waals surface area contributed by atoms with Gasteiger partial charge in [0.15, 0.2) is 0 Å². The molecule has 4 heteroatoms. The summed E-state index contributed by atoms with van der Waals surface area (Å²) in [6.45, 7) is 7.68. The highest BCUT2D eigenvalue weighted by Crippen LogP contribution is 2.29. The number of ether oxygens (including phenoxy) is 1. The van der Waals surface area contributed by atoms with E-state index in [1.807, 2.05) is 48.5 Å². The minimum atomic E-state index is 0.643. The lowest BCUT2D eigenvalue weighted by atomic mass is 10.0. The summed E-state index contributed by atoms with van der Waals surface area (Å²) in [7, 11) is 0. The van der Waals surface area contributed by atoms with Gasteiger partial charge < -0.3 is 4.74 Å². The maximum atomic E-state index is 7.03. The summed E-state index contributed by atoms with van der Waals surface area (Å²) >= 11 is 0. The van der Waals surface area contributed by atoms with Crippen molar-refractivity contribution in [2.45, 2.75) is 25.7 Å². The third-order valence-electron chi connectivity index (χ3n) is 4.44. The second kappa shape index (κ2) is 10.6. The number of benzene rings is 2. The molecule has 1 heterocycles. The van der Waals surface area contributed by atoms with E-state index in [4.69, 9.17) is 11.3 Å². The Balaban J connectivity index is 1.50. The van der Waals surface area contributed by atoms with Gasteiger partial charge in [-0.25, -0.2) is 0 Å². The van der Waals surface area contributed by atoms with Crippen LogP contribution in [-0.2, 0) is 6.42 Å². The standard InChI is InChI=1S/C24H23N3O/c1-25-27-22(19-20-14-16-26-17-15-20)11-7-8-18-28-24-13-6-5-12-23(24)21-9-3-2-4-10-21/h2-6,9-10,12-17H,7-8,11,18-19H2/b27-22+. The zero-order valence-electron chi connectivity index (χ0n) is 15.8. The van der Waals surface area contributed by atoms with E-state index in [9.17, 15) is 0 Å². The minimum absolute atomic E-state index is 0.643. The highest BCUT2D eigenvalue weighted by molar-refractivity contribution is 5.86. The Morgan fingerprint density at radius 1 is 0.929 bits per heavy atom. The first-order valence-electron chi connectivity index (χ1n) is 9.45. The zero-order valence-corrected chi connectivity index (χ0v) is 15.8. The first kappa shape index (κ1) is 19.3. The molecular weight excluding hydrogens is 346 g/mol. The predicted octanol–water partition coefficient (Wildman–Crippen LogP) is 5.82. The molecular formula is C24H23N3O. The van der Waals surface area contributed by atoms with Crippen molar-refractivity contribution in [2.24, 2.45) is 5.10 Å². The van der Waals surface area contributed by atoms with E-state index in [0.29, 0.717) is 13.0 Å². The van der Waals surface area contributed by atoms with Crippen LogP contribution in [0.3, 0.4) is 0 Å². The van der Waals surface area contributed by atoms with Gasteiger partial charge in [-0.15, -0.1) is 4.95 Å². The zero-order chi connectivity index (χ0) is 19.4. The highest BCUT2D eigenvalue weighted by atomic mass is 16.5. The highest BCUT2D eigenvalue weighted by Gasteiger charge is 2.07. The van der Waals surface area contributed by atoms with Gasteiger partial charge in [0.25, 0.3) is 0 Å². The molecule has 0 radical (unpaired) electrons. The molecule has 0 saturated heterocycles. The molecule has 2 aromatic carbocycles. The van der Waals surface area contributed by atoms with Crippen LogP contribution in [0.1, 0.15) is 24.8 Å². The average Bonchev–Trinajstić information content (AvgIpc) is 2.75. The maximum absolute atomic E-state index is 7.03. The Morgan fingerprint density at radius 3 is 2.46 bits per heavy atom. The molecule has 0 fully saturated rings. The molecule has 4 nitrogen and oxygen atoms in total. The monoisotopic (exact) mass is 369 g/mol. The Bertz CT molecular complexity index is 931. The number of rotatable bonds is 9. The molecule has 140 valence electrons. The topological polar surface area (TPSA) is 38.8 Å². The predicted molar refractivity (Wildman–Crippen MR) is 113 cm³/mol. The summed E-state index contributed by atoms with van der Waals surface area (Å²) in [4.78, 5) is 7.24. The van der Waals surface area contributed by atoms with Gasteiger partial charge in [-0.05, 0) is 48.6 Å². The minimum Gasteiger partial charge on any atom is -0.493 e. The molecule has 28 heavy (non-hydrogen) atoms. The fraction of sp³-hybridized carbons (Fsp3) is 0.208. The largest absolute Gasteiger partial charge is 0.493 e. The van der Waals surface area contributed by atoms with E-state index < -0.39 is 0 Å². The molecule has 0 unspecified atom stereocenters. The van der Waals surface area contributed by atoms with Crippen molar-refractivity contribution in [1.82, 2.24) is 4.98 Å². The number of pyridine rings is 1. The molecule has 1 aromatic heterocycles. The molecule has 0 bridgehead atoms. The second-order valence-electron chi connectivity index (χ2n) is 6.47. The molecule has 3 rings (SSSR count). The van der Waals surface area contributed by atoms with Crippen molar-refractivity contribution in [3.05, 3.63) is 96.2 Å². The molecule has 0 aliphatic carbocycles. The van der Waals surface area contributed by atoms with Crippen LogP contribution < -0.4 is 4.74 Å². The molecule has 0 aliphatic heterocycles. The molecule has 0 N–H and O–H groups in total. The molecule has 0 atom stereocenters. The second-order valence-corrected chi connectivity index (χ2v) is 6.47. The number of hydrogen-bond acceptors (Lipinski definition) is 3. The van der Waals surface area contributed by atoms with E-state index in [1.165, 1.54) is 0 Å². The van der Waals surface area contributed by atoms with Crippen LogP contribution >= 0.6 is 0 Å². The normalized spacial score (nSPS) is 11.0. The molecule has 0 saturated carbocycles. The number of hydrogen-bond donors (Lipinski definition) is 0. The average molecular weight is 369 g/mol. The molecule has 0 aliphatic rings. The Hall–Kier alpha value is -3.45. The van der Waals surface area contributed by atoms with Crippen LogP contribution in [0.2, 0.25) is 0 Å². The summed E-state index contributed by atoms with van der Waals surface area (Å²) in [5, 5.41) is 3.98. The Labute approximate surface area is 166 Å². The molecule has 0 spiro atoms. The molecule has 3 aromatic rings. The first-order chi connectivity index (χ1) is 13.9. The van der Waals surface area contributed by atoms with E-state index >= 15 is 0 Å². The number of nitrogens with zero attached hydrogens (tertiary/aromatic N) is 3. The Kier molecular flexibility index (Phi) is 7.34. The maximum Gasteiger partial charge on any atom is 0.127 e. The van der Waals surface area contributed by atoms with E-state index in [0.717, 1.165) is 47.4 Å². The first-order valence-corrected chi connectivity index (χ1v) is 9.45. The smallest absolute Gasteiger partial charge is 0.127 e. The van der Waals surface area contributed by atoms with Gasteiger partial charge in [-0.2, -0.15) is 6.57 Å². The van der Waals surface area contributed by atoms with Crippen LogP contribution in [0.15, 0.2) is 84.2 Å². The van der Waals surface area contributed by atoms with Crippen molar-refractivity contribution in [1.29, 1.82) is 0 Å². The van der Waals surface area contributed by atoms with Crippen molar-refractivity contribution in [2.75, 3.05) is 6.61 Å². The number of aromatic nitrogens is 1. The van der Waals surface area contributed by atoms with E-state index in [-0.39, 0.29) is 0 Å². The van der Waals surface area contributed by atoms with Crippen molar-refractivity contribution < 1.29 is 4.74 Å². The molecule has 0 amide bonds. The van der Waals surface area contributed by atoms with Gasteiger partial charge in [0.1, 0.15) is 11.5 Å². The van der Waals surface area contributed by atoms with E-state index in [2.05, 4.69) is 33.2 Å². The Morgan fingerprint density at radius 2 is 1.68 bits per heavy atom. The third kappa shape index (κ3) is 5.78. The summed E-state index contributed by atoms with van der Waals surface area (Å²) in [6, 6.07) is 22.3. The van der Waals surface area contributed by atoms with Crippen LogP contribution in [0, 0.1) is 6.57 Å². The fourth-order valence-corrected chi connectivity index (χ4v) is 3.04. The summed E-state index contributed by atoms with van der Waals surface area (Å²) in [5.41, 5.74) is 4.30. The van der Waals surface area contributed by atoms with Gasteiger partial charge in [-0.3, -0.25) is 4.98 Å². The summed E-state index contributed by atoms with van der Waals surface area (Å²) in [5.74, 6) is 0.903. The third-order valence-corrected chi connectivity index (χ3v) is 4.44. The van der Waals surface area contributed by atoms with Crippen LogP contribution in [0.4, 0.5) is 0 Å². The van der Waals surface area contributed by atoms with E-state index in [1.54, 1.807) is 12.4 Å². The quantitative estimate of drug-likeness (QED) is 0.206. The van der Waals surface area contributed by atoms with Crippen LogP contribution in [-0.4, -0.2) is 17.3 Å². The fourth-order valence-electron chi connectivity index (χ4n) is 3.04. The summed E-state index contributed by atoms with van der Waals surface area (Å²) in [6.07, 6.45) is 6.88. The van der Waals surface area contributed by atoms with Crippen LogP contribution in [0.25, 0.3) is 16.1 Å². The van der Waals surface area contributed by atoms with Gasteiger partial charge in [-0.1, -0.05) is 48.5 Å². The lowest BCUT2D eigenvalue weighted by molar-refractivity contribution is 0.309. The lowest BCUT2D eigenvalue weighted by Crippen LogP contribution is -2.05. The van der Waals surface area contributed by atoms with Crippen molar-refractivity contribution >= 4 is 5.71 Å². The number of para-hydroxylation sites is 1. The number of unbranched alkanes of at least 4 members (excludes halogenated alkanes) is 1. The van der Waals surface area contributed by atoms with Crippen LogP contribution in [0.5, 0.6) is 5.75 Å². The SMILES string of the molecule is [C-]#[N+]/N=C(\CCCCOc1ccccc1-c1ccccc1)Cc1ccncc1. The van der Waals surface area contributed by atoms with Gasteiger partial charge >= 0.3 is 0 Å². The van der Waals surface area contributed by atoms with Crippen molar-refractivity contribution in [3.8, 4) is 16.9 Å².